The second-order valence-electron chi connectivity index (χ2n) is 9.52. The first-order valence-electron chi connectivity index (χ1n) is 12.6. The molecule has 0 radical (unpaired) electrons. The van der Waals surface area contributed by atoms with Crippen molar-refractivity contribution in [2.45, 2.75) is 33.2 Å². The summed E-state index contributed by atoms with van der Waals surface area (Å²) in [5.74, 6) is -1.47. The van der Waals surface area contributed by atoms with Gasteiger partial charge in [0.1, 0.15) is 11.5 Å². The van der Waals surface area contributed by atoms with E-state index in [-0.39, 0.29) is 22.8 Å². The Labute approximate surface area is 243 Å². The van der Waals surface area contributed by atoms with Crippen LogP contribution in [0, 0.1) is 13.8 Å². The molecule has 5 rings (SSSR count). The molecular formula is C30H27BrN2O6S. The summed E-state index contributed by atoms with van der Waals surface area (Å²) in [6.07, 6.45) is 0.806. The Morgan fingerprint density at radius 3 is 2.65 bits per heavy atom. The molecule has 4 aromatic rings. The second kappa shape index (κ2) is 10.9. The van der Waals surface area contributed by atoms with Gasteiger partial charge in [-0.2, -0.15) is 0 Å². The summed E-state index contributed by atoms with van der Waals surface area (Å²) in [5, 5.41) is 22.3. The van der Waals surface area contributed by atoms with Crippen molar-refractivity contribution >= 4 is 60.1 Å². The highest BCUT2D eigenvalue weighted by atomic mass is 79.9. The molecule has 40 heavy (non-hydrogen) atoms. The van der Waals surface area contributed by atoms with Crippen LogP contribution < -0.4 is 14.4 Å². The first-order chi connectivity index (χ1) is 19.1. The lowest BCUT2D eigenvalue weighted by atomic mass is 9.95. The zero-order valence-corrected chi connectivity index (χ0v) is 24.7. The van der Waals surface area contributed by atoms with Gasteiger partial charge in [0.05, 0.1) is 40.0 Å². The molecule has 1 aliphatic heterocycles. The molecule has 10 heteroatoms. The molecule has 0 bridgehead atoms. The van der Waals surface area contributed by atoms with Gasteiger partial charge in [0.2, 0.25) is 0 Å². The molecule has 206 valence electrons. The van der Waals surface area contributed by atoms with Gasteiger partial charge in [0.25, 0.3) is 5.78 Å². The number of carbonyl (C=O) groups excluding carboxylic acids is 2. The number of ether oxygens (including phenoxy) is 2. The summed E-state index contributed by atoms with van der Waals surface area (Å²) < 4.78 is 12.2. The van der Waals surface area contributed by atoms with E-state index in [1.54, 1.807) is 36.4 Å². The number of fused-ring (bicyclic) bond motifs is 1. The van der Waals surface area contributed by atoms with E-state index in [1.165, 1.54) is 23.3 Å². The number of nitrogens with zero attached hydrogens (tertiary/aromatic N) is 2. The molecule has 1 aromatic heterocycles. The van der Waals surface area contributed by atoms with Crippen molar-refractivity contribution in [2.24, 2.45) is 0 Å². The number of halogens is 1. The number of aliphatic hydroxyl groups excluding tert-OH is 1. The lowest BCUT2D eigenvalue weighted by Crippen LogP contribution is -2.29. The fraction of sp³-hybridized carbons (Fsp3) is 0.233. The minimum absolute atomic E-state index is 0.107. The van der Waals surface area contributed by atoms with Gasteiger partial charge in [-0.1, -0.05) is 36.5 Å². The smallest absolute Gasteiger partial charge is 0.301 e. The first-order valence-corrected chi connectivity index (χ1v) is 14.2. The van der Waals surface area contributed by atoms with Crippen LogP contribution in [0.3, 0.4) is 0 Å². The number of Topliss-reactive ketones (excluding diaryl/α,β-unsaturated/α-hetero) is 1. The van der Waals surface area contributed by atoms with Gasteiger partial charge in [0.15, 0.2) is 16.6 Å². The highest BCUT2D eigenvalue weighted by Gasteiger charge is 2.48. The Bertz CT molecular complexity index is 1700. The molecule has 1 fully saturated rings. The van der Waals surface area contributed by atoms with E-state index in [0.717, 1.165) is 27.8 Å². The number of carbonyl (C=O) groups is 2. The fourth-order valence-electron chi connectivity index (χ4n) is 4.82. The SMILES string of the molecule is CCCOc1cccc(/C(O)=C2\C(=O)C(=O)N(c3nc4c(C)cc(C)cc4s3)C2c2cc(Br)c(O)c(OC)c2)c1. The lowest BCUT2D eigenvalue weighted by Gasteiger charge is -2.24. The van der Waals surface area contributed by atoms with Gasteiger partial charge < -0.3 is 19.7 Å². The van der Waals surface area contributed by atoms with Gasteiger partial charge in [-0.05, 0) is 83.2 Å². The largest absolute Gasteiger partial charge is 0.507 e. The number of aliphatic hydroxyl groups is 1. The number of benzene rings is 3. The highest BCUT2D eigenvalue weighted by molar-refractivity contribution is 9.10. The molecule has 0 aliphatic carbocycles. The number of rotatable bonds is 7. The van der Waals surface area contributed by atoms with Crippen LogP contribution in [0.2, 0.25) is 0 Å². The van der Waals surface area contributed by atoms with Crippen LogP contribution in [-0.2, 0) is 9.59 Å². The number of hydrogen-bond acceptors (Lipinski definition) is 8. The maximum absolute atomic E-state index is 13.7. The van der Waals surface area contributed by atoms with Crippen LogP contribution in [0.15, 0.2) is 58.6 Å². The van der Waals surface area contributed by atoms with E-state index in [4.69, 9.17) is 14.5 Å². The molecule has 1 unspecified atom stereocenters. The monoisotopic (exact) mass is 622 g/mol. The Morgan fingerprint density at radius 2 is 1.93 bits per heavy atom. The normalized spacial score (nSPS) is 16.6. The third-order valence-corrected chi connectivity index (χ3v) is 8.24. The van der Waals surface area contributed by atoms with Crippen molar-refractivity contribution in [1.82, 2.24) is 4.98 Å². The number of hydrogen-bond donors (Lipinski definition) is 2. The number of ketones is 1. The number of methoxy groups -OCH3 is 1. The Balaban J connectivity index is 1.75. The van der Waals surface area contributed by atoms with Crippen molar-refractivity contribution in [3.05, 3.63) is 80.8 Å². The molecular weight excluding hydrogens is 596 g/mol. The van der Waals surface area contributed by atoms with Crippen molar-refractivity contribution in [3.63, 3.8) is 0 Å². The van der Waals surface area contributed by atoms with Crippen molar-refractivity contribution in [2.75, 3.05) is 18.6 Å². The topological polar surface area (TPSA) is 109 Å². The van der Waals surface area contributed by atoms with Crippen LogP contribution in [0.4, 0.5) is 5.13 Å². The molecule has 1 atom stereocenters. The number of phenolic OH excluding ortho intramolecular Hbond substituents is 1. The quantitative estimate of drug-likeness (QED) is 0.132. The molecule has 1 aliphatic rings. The molecule has 0 saturated carbocycles. The van der Waals surface area contributed by atoms with E-state index in [0.29, 0.717) is 33.1 Å². The Morgan fingerprint density at radius 1 is 1.15 bits per heavy atom. The van der Waals surface area contributed by atoms with Gasteiger partial charge in [0, 0.05) is 5.56 Å². The van der Waals surface area contributed by atoms with Gasteiger partial charge in [-0.25, -0.2) is 4.98 Å². The van der Waals surface area contributed by atoms with Crippen molar-refractivity contribution in [1.29, 1.82) is 0 Å². The lowest BCUT2D eigenvalue weighted by molar-refractivity contribution is -0.132. The van der Waals surface area contributed by atoms with Crippen LogP contribution in [0.5, 0.6) is 17.2 Å². The number of thiazole rings is 1. The molecule has 2 N–H and O–H groups in total. The molecule has 1 saturated heterocycles. The standard InChI is InChI=1S/C30H27BrN2O6S/c1-5-9-39-19-8-6-7-17(12-19)26(34)23-25(18-13-20(31)27(35)21(14-18)38-4)33(29(37)28(23)36)30-32-24-16(3)10-15(2)11-22(24)40-30/h6-8,10-14,25,34-35H,5,9H2,1-4H3/b26-23+. The van der Waals surface area contributed by atoms with Crippen molar-refractivity contribution < 1.29 is 29.3 Å². The average molecular weight is 624 g/mol. The van der Waals surface area contributed by atoms with Crippen LogP contribution in [0.25, 0.3) is 16.0 Å². The number of aromatic hydroxyl groups is 1. The van der Waals surface area contributed by atoms with Crippen LogP contribution >= 0.6 is 27.3 Å². The van der Waals surface area contributed by atoms with Gasteiger partial charge in [-0.3, -0.25) is 14.5 Å². The van der Waals surface area contributed by atoms with E-state index in [2.05, 4.69) is 15.9 Å². The minimum Gasteiger partial charge on any atom is -0.507 e. The zero-order chi connectivity index (χ0) is 28.7. The van der Waals surface area contributed by atoms with Crippen LogP contribution in [0.1, 0.15) is 41.6 Å². The second-order valence-corrected chi connectivity index (χ2v) is 11.4. The fourth-order valence-corrected chi connectivity index (χ4v) is 6.45. The average Bonchev–Trinajstić information content (AvgIpc) is 3.47. The summed E-state index contributed by atoms with van der Waals surface area (Å²) in [4.78, 5) is 33.3. The predicted molar refractivity (Wildman–Crippen MR) is 158 cm³/mol. The van der Waals surface area contributed by atoms with E-state index in [1.807, 2.05) is 32.9 Å². The van der Waals surface area contributed by atoms with E-state index in [9.17, 15) is 19.8 Å². The molecule has 2 heterocycles. The van der Waals surface area contributed by atoms with Crippen molar-refractivity contribution in [3.8, 4) is 17.2 Å². The summed E-state index contributed by atoms with van der Waals surface area (Å²) >= 11 is 4.64. The number of aromatic nitrogens is 1. The molecule has 0 spiro atoms. The van der Waals surface area contributed by atoms with Crippen LogP contribution in [-0.4, -0.2) is 40.6 Å². The van der Waals surface area contributed by atoms with Gasteiger partial charge in [-0.15, -0.1) is 0 Å². The number of anilines is 1. The highest BCUT2D eigenvalue weighted by Crippen LogP contribution is 2.47. The third-order valence-electron chi connectivity index (χ3n) is 6.64. The number of aryl methyl sites for hydroxylation is 2. The summed E-state index contributed by atoms with van der Waals surface area (Å²) in [7, 11) is 1.41. The maximum atomic E-state index is 13.7. The van der Waals surface area contributed by atoms with E-state index < -0.39 is 17.7 Å². The Kier molecular flexibility index (Phi) is 7.57. The van der Waals surface area contributed by atoms with Gasteiger partial charge >= 0.3 is 5.91 Å². The summed E-state index contributed by atoms with van der Waals surface area (Å²) in [6.45, 7) is 6.41. The molecule has 8 nitrogen and oxygen atoms in total. The van der Waals surface area contributed by atoms with E-state index >= 15 is 0 Å². The maximum Gasteiger partial charge on any atom is 0.301 e. The molecule has 1 amide bonds. The summed E-state index contributed by atoms with van der Waals surface area (Å²) in [5.41, 5.74) is 3.39. The number of phenols is 1. The minimum atomic E-state index is -1.05. The molecule has 3 aromatic carbocycles. The predicted octanol–water partition coefficient (Wildman–Crippen LogP) is 6.80. The third kappa shape index (κ3) is 4.82. The first kappa shape index (κ1) is 27.7. The summed E-state index contributed by atoms with van der Waals surface area (Å²) in [6, 6.07) is 12.8. The number of amides is 1. The Hall–Kier alpha value is -3.89. The zero-order valence-electron chi connectivity index (χ0n) is 22.3.